The van der Waals surface area contributed by atoms with Crippen molar-refractivity contribution in [2.45, 2.75) is 0 Å². The number of benzene rings is 3. The van der Waals surface area contributed by atoms with Gasteiger partial charge in [0.15, 0.2) is 0 Å². The Bertz CT molecular complexity index is 841. The first-order valence-corrected chi connectivity index (χ1v) is 12.2. The van der Waals surface area contributed by atoms with E-state index in [1.807, 2.05) is 0 Å². The van der Waals surface area contributed by atoms with Gasteiger partial charge in [-0.2, -0.15) is 0 Å². The Morgan fingerprint density at radius 1 is 0.448 bits per heavy atom. The van der Waals surface area contributed by atoms with E-state index in [9.17, 15) is 25.2 Å². The minimum atomic E-state index is -10.7. The molecule has 3 aromatic rings. The van der Waals surface area contributed by atoms with Crippen molar-refractivity contribution in [2.75, 3.05) is 0 Å². The second kappa shape index (κ2) is 8.30. The summed E-state index contributed by atoms with van der Waals surface area (Å²) in [5.74, 6) is 0. The summed E-state index contributed by atoms with van der Waals surface area (Å²) in [4.78, 5) is 1.23. The number of quaternary nitrogens is 1. The second-order valence-corrected chi connectivity index (χ2v) is 10.5. The van der Waals surface area contributed by atoms with E-state index in [-0.39, 0.29) is 0 Å². The summed E-state index contributed by atoms with van der Waals surface area (Å²) in [7, 11) is -10.7. The zero-order chi connectivity index (χ0) is 21.9. The Hall–Kier alpha value is -0.930. The molecule has 0 spiro atoms. The molecule has 0 radical (unpaired) electrons. The molecule has 11 heteroatoms. The van der Waals surface area contributed by atoms with Gasteiger partial charge in [0.25, 0.3) is 0 Å². The average Bonchev–Trinajstić information content (AvgIpc) is 2.57. The molecule has 0 atom stereocenters. The molecule has 0 fully saturated rings. The summed E-state index contributed by atoms with van der Waals surface area (Å²) in [5.41, 5.74) is 3.61. The van der Waals surface area contributed by atoms with E-state index in [1.54, 1.807) is 0 Å². The summed E-state index contributed by atoms with van der Waals surface area (Å²) in [6, 6.07) is 25.3. The number of halogens is 9. The quantitative estimate of drug-likeness (QED) is 0.218. The van der Waals surface area contributed by atoms with Gasteiger partial charge in [-0.15, -0.1) is 0 Å². The van der Waals surface area contributed by atoms with Crippen molar-refractivity contribution in [1.82, 2.24) is 0 Å². The molecule has 0 aromatic heterocycles. The van der Waals surface area contributed by atoms with Crippen LogP contribution in [0.1, 0.15) is 0 Å². The summed E-state index contributed by atoms with van der Waals surface area (Å²) < 4.78 is 62.5. The molecular formula is C18H13Br3F6NP. The maximum atomic E-state index is 9.87. The summed E-state index contributed by atoms with van der Waals surface area (Å²) in [5, 5.41) is 0. The minimum absolute atomic E-state index is 1.09. The monoisotopic (exact) mass is 625 g/mol. The van der Waals surface area contributed by atoms with Gasteiger partial charge in [-0.1, -0.05) is 47.8 Å². The van der Waals surface area contributed by atoms with Gasteiger partial charge < -0.3 is 0 Å². The molecule has 0 saturated carbocycles. The maximum absolute atomic E-state index is 10.7. The first-order chi connectivity index (χ1) is 13.1. The molecule has 1 N–H and O–H groups in total. The number of rotatable bonds is 3. The fourth-order valence-corrected chi connectivity index (χ4v) is 3.14. The van der Waals surface area contributed by atoms with Crippen LogP contribution in [0.25, 0.3) is 0 Å². The van der Waals surface area contributed by atoms with Gasteiger partial charge in [-0.3, -0.25) is 0 Å². The molecule has 158 valence electrons. The molecule has 0 aliphatic rings. The van der Waals surface area contributed by atoms with Crippen LogP contribution in [0.4, 0.5) is 42.2 Å². The first-order valence-electron chi connectivity index (χ1n) is 7.80. The molecule has 3 aromatic carbocycles. The van der Waals surface area contributed by atoms with Crippen molar-refractivity contribution in [2.24, 2.45) is 0 Å². The van der Waals surface area contributed by atoms with Crippen LogP contribution in [0.5, 0.6) is 0 Å². The van der Waals surface area contributed by atoms with Crippen molar-refractivity contribution < 1.29 is 30.1 Å². The number of hydrogen-bond acceptors (Lipinski definition) is 0. The van der Waals surface area contributed by atoms with Crippen molar-refractivity contribution in [3.8, 4) is 0 Å². The molecule has 0 saturated heterocycles. The SMILES string of the molecule is Brc1ccc([NH+](c2ccc(Br)cc2)c2ccc(Br)cc2)cc1.F[P-](F)(F)(F)(F)F. The van der Waals surface area contributed by atoms with Crippen LogP contribution < -0.4 is 4.90 Å². The average molecular weight is 628 g/mol. The summed E-state index contributed by atoms with van der Waals surface area (Å²) in [6.07, 6.45) is 0. The van der Waals surface area contributed by atoms with Crippen molar-refractivity contribution in [1.29, 1.82) is 0 Å². The van der Waals surface area contributed by atoms with Crippen LogP contribution >= 0.6 is 55.6 Å². The third-order valence-electron chi connectivity index (χ3n) is 3.40. The van der Waals surface area contributed by atoms with Gasteiger partial charge in [-0.05, 0) is 36.4 Å². The Morgan fingerprint density at radius 3 is 0.793 bits per heavy atom. The zero-order valence-electron chi connectivity index (χ0n) is 14.3. The molecule has 0 bridgehead atoms. The predicted octanol–water partition coefficient (Wildman–Crippen LogP) is 9.54. The number of hydrogen-bond donors (Lipinski definition) is 1. The van der Waals surface area contributed by atoms with E-state index in [0.717, 1.165) is 13.4 Å². The Morgan fingerprint density at radius 2 is 0.621 bits per heavy atom. The van der Waals surface area contributed by atoms with E-state index >= 15 is 0 Å². The molecule has 3 rings (SSSR count). The normalized spacial score (nSPS) is 13.9. The first kappa shape index (κ1) is 24.3. The fraction of sp³-hybridized carbons (Fsp3) is 0. The van der Waals surface area contributed by atoms with Crippen LogP contribution in [-0.4, -0.2) is 0 Å². The van der Waals surface area contributed by atoms with Gasteiger partial charge >= 0.3 is 33.0 Å². The zero-order valence-corrected chi connectivity index (χ0v) is 19.9. The van der Waals surface area contributed by atoms with E-state index in [2.05, 4.69) is 121 Å². The van der Waals surface area contributed by atoms with Crippen molar-refractivity contribution in [3.05, 3.63) is 86.2 Å². The molecular weight excluding hydrogens is 615 g/mol. The van der Waals surface area contributed by atoms with Crippen LogP contribution in [0.2, 0.25) is 0 Å². The molecule has 0 heterocycles. The van der Waals surface area contributed by atoms with E-state index < -0.39 is 7.81 Å². The third-order valence-corrected chi connectivity index (χ3v) is 4.98. The van der Waals surface area contributed by atoms with Crippen LogP contribution in [0.15, 0.2) is 86.2 Å². The van der Waals surface area contributed by atoms with Gasteiger partial charge in [-0.25, -0.2) is 4.90 Å². The fourth-order valence-electron chi connectivity index (χ4n) is 2.35. The van der Waals surface area contributed by atoms with Crippen LogP contribution in [0, 0.1) is 0 Å². The Labute approximate surface area is 188 Å². The van der Waals surface area contributed by atoms with Gasteiger partial charge in [0.2, 0.25) is 0 Å². The van der Waals surface area contributed by atoms with Gasteiger partial charge in [0, 0.05) is 49.8 Å². The van der Waals surface area contributed by atoms with Crippen molar-refractivity contribution >= 4 is 72.7 Å². The molecule has 0 amide bonds. The predicted molar refractivity (Wildman–Crippen MR) is 116 cm³/mol. The van der Waals surface area contributed by atoms with E-state index in [4.69, 9.17) is 0 Å². The van der Waals surface area contributed by atoms with E-state index in [0.29, 0.717) is 0 Å². The van der Waals surface area contributed by atoms with Gasteiger partial charge in [0.1, 0.15) is 17.1 Å². The molecule has 29 heavy (non-hydrogen) atoms. The molecule has 1 nitrogen and oxygen atoms in total. The third kappa shape index (κ3) is 10.1. The van der Waals surface area contributed by atoms with E-state index in [1.165, 1.54) is 22.0 Å². The summed E-state index contributed by atoms with van der Waals surface area (Å²) >= 11 is 10.5. The van der Waals surface area contributed by atoms with Crippen LogP contribution in [0.3, 0.4) is 0 Å². The summed E-state index contributed by atoms with van der Waals surface area (Å²) in [6.45, 7) is 0. The Balaban J connectivity index is 0.000000370. The Kier molecular flexibility index (Phi) is 6.97. The number of nitrogens with one attached hydrogen (secondary N) is 1. The topological polar surface area (TPSA) is 4.44 Å². The molecule has 0 aliphatic heterocycles. The van der Waals surface area contributed by atoms with Crippen molar-refractivity contribution in [3.63, 3.8) is 0 Å². The molecule has 0 aliphatic carbocycles. The standard InChI is InChI=1S/C18H12Br3N.F6P/c19-13-1-7-16(8-2-13)22(17-9-3-14(20)4-10-17)18-11-5-15(21)6-12-18;1-7(2,3,4,5)6/h1-12H;/q;-1/p+1. The second-order valence-electron chi connectivity index (χ2n) is 5.85. The van der Waals surface area contributed by atoms with Crippen LogP contribution in [-0.2, 0) is 0 Å². The molecule has 0 unspecified atom stereocenters. The van der Waals surface area contributed by atoms with Gasteiger partial charge in [0.05, 0.1) is 0 Å².